The van der Waals surface area contributed by atoms with Gasteiger partial charge in [-0.15, -0.1) is 0 Å². The van der Waals surface area contributed by atoms with Crippen molar-refractivity contribution in [1.82, 2.24) is 4.90 Å². The van der Waals surface area contributed by atoms with Gasteiger partial charge >= 0.3 is 11.9 Å². The lowest BCUT2D eigenvalue weighted by Gasteiger charge is -2.29. The summed E-state index contributed by atoms with van der Waals surface area (Å²) < 4.78 is 5.16. The number of ether oxygens (including phenoxy) is 1. The number of rotatable bonds is 7. The van der Waals surface area contributed by atoms with Gasteiger partial charge < -0.3 is 14.7 Å². The smallest absolute Gasteiger partial charge is 0.326 e. The minimum atomic E-state index is -1.12. The van der Waals surface area contributed by atoms with Crippen LogP contribution in [0.15, 0.2) is 0 Å². The predicted octanol–water partition coefficient (Wildman–Crippen LogP) is 2.31. The van der Waals surface area contributed by atoms with Gasteiger partial charge in [0, 0.05) is 19.4 Å². The van der Waals surface area contributed by atoms with Crippen molar-refractivity contribution in [2.24, 2.45) is 11.8 Å². The summed E-state index contributed by atoms with van der Waals surface area (Å²) in [6.07, 6.45) is -0.000776. The molecule has 0 spiro atoms. The lowest BCUT2D eigenvalue weighted by molar-refractivity contribution is -0.157. The first-order chi connectivity index (χ1) is 9.86. The Morgan fingerprint density at radius 3 is 2.00 bits per heavy atom. The Hall–Kier alpha value is -1.59. The number of esters is 1. The number of hydrogen-bond donors (Lipinski definition) is 1. The van der Waals surface area contributed by atoms with Crippen molar-refractivity contribution in [3.8, 4) is 0 Å². The van der Waals surface area contributed by atoms with E-state index in [9.17, 15) is 19.5 Å². The van der Waals surface area contributed by atoms with E-state index in [1.165, 1.54) is 11.9 Å². The summed E-state index contributed by atoms with van der Waals surface area (Å²) in [5.74, 6) is -1.96. The molecule has 0 fully saturated rings. The fourth-order valence-electron chi connectivity index (χ4n) is 1.89. The third-order valence-corrected chi connectivity index (χ3v) is 3.53. The number of carboxylic acid groups (broad SMARTS) is 1. The van der Waals surface area contributed by atoms with Crippen LogP contribution >= 0.6 is 0 Å². The number of amides is 1. The molecule has 0 aliphatic rings. The normalized spacial score (nSPS) is 14.4. The van der Waals surface area contributed by atoms with Crippen LogP contribution in [0.4, 0.5) is 0 Å². The zero-order valence-corrected chi connectivity index (χ0v) is 14.7. The highest BCUT2D eigenvalue weighted by Gasteiger charge is 2.31. The molecule has 0 aliphatic carbocycles. The maximum Gasteiger partial charge on any atom is 0.326 e. The lowest BCUT2D eigenvalue weighted by Crippen LogP contribution is -2.45. The SMILES string of the molecule is CC(C)[C@H](C)C(=O)N(C)[C@@H](CCC(=O)OC(C)(C)C)C(=O)O. The van der Waals surface area contributed by atoms with Gasteiger partial charge in [-0.05, 0) is 33.1 Å². The summed E-state index contributed by atoms with van der Waals surface area (Å²) in [5, 5.41) is 9.31. The molecule has 0 aromatic carbocycles. The fraction of sp³-hybridized carbons (Fsp3) is 0.812. The molecular weight excluding hydrogens is 286 g/mol. The Morgan fingerprint density at radius 1 is 1.14 bits per heavy atom. The maximum absolute atomic E-state index is 12.3. The zero-order chi connectivity index (χ0) is 17.7. The summed E-state index contributed by atoms with van der Waals surface area (Å²) >= 11 is 0. The van der Waals surface area contributed by atoms with E-state index in [0.717, 1.165) is 0 Å². The van der Waals surface area contributed by atoms with Gasteiger partial charge in [0.15, 0.2) is 0 Å². The molecule has 1 amide bonds. The number of carbonyl (C=O) groups is 3. The van der Waals surface area contributed by atoms with Crippen LogP contribution in [0.1, 0.15) is 54.4 Å². The molecule has 0 saturated carbocycles. The van der Waals surface area contributed by atoms with E-state index in [2.05, 4.69) is 0 Å². The van der Waals surface area contributed by atoms with Crippen LogP contribution in [-0.4, -0.2) is 46.5 Å². The second-order valence-corrected chi connectivity index (χ2v) is 6.96. The third-order valence-electron chi connectivity index (χ3n) is 3.53. The van der Waals surface area contributed by atoms with E-state index < -0.39 is 23.6 Å². The van der Waals surface area contributed by atoms with Gasteiger partial charge in [0.1, 0.15) is 11.6 Å². The van der Waals surface area contributed by atoms with Gasteiger partial charge in [-0.1, -0.05) is 20.8 Å². The molecule has 0 rings (SSSR count). The zero-order valence-electron chi connectivity index (χ0n) is 14.7. The van der Waals surface area contributed by atoms with Gasteiger partial charge in [0.2, 0.25) is 5.91 Å². The molecule has 6 heteroatoms. The van der Waals surface area contributed by atoms with Gasteiger partial charge in [-0.25, -0.2) is 4.79 Å². The Labute approximate surface area is 132 Å². The quantitative estimate of drug-likeness (QED) is 0.729. The van der Waals surface area contributed by atoms with Crippen LogP contribution in [0.2, 0.25) is 0 Å². The van der Waals surface area contributed by atoms with Crippen molar-refractivity contribution in [1.29, 1.82) is 0 Å². The van der Waals surface area contributed by atoms with Gasteiger partial charge in [0.25, 0.3) is 0 Å². The highest BCUT2D eigenvalue weighted by atomic mass is 16.6. The number of nitrogens with zero attached hydrogens (tertiary/aromatic N) is 1. The van der Waals surface area contributed by atoms with Crippen molar-refractivity contribution >= 4 is 17.8 Å². The Kier molecular flexibility index (Phi) is 7.56. The highest BCUT2D eigenvalue weighted by molar-refractivity contribution is 5.85. The molecule has 2 atom stereocenters. The van der Waals surface area contributed by atoms with Gasteiger partial charge in [0.05, 0.1) is 0 Å². The molecule has 0 heterocycles. The summed E-state index contributed by atoms with van der Waals surface area (Å²) in [6.45, 7) is 10.8. The van der Waals surface area contributed by atoms with Crippen LogP contribution in [0.5, 0.6) is 0 Å². The maximum atomic E-state index is 12.3. The van der Waals surface area contributed by atoms with Crippen LogP contribution in [0.25, 0.3) is 0 Å². The standard InChI is InChI=1S/C16H29NO5/c1-10(2)11(3)14(19)17(7)12(15(20)21)8-9-13(18)22-16(4,5)6/h10-12H,8-9H2,1-7H3,(H,20,21)/t11-,12-/m0/s1. The number of carbonyl (C=O) groups excluding carboxylic acids is 2. The van der Waals surface area contributed by atoms with Crippen molar-refractivity contribution in [3.05, 3.63) is 0 Å². The van der Waals surface area contributed by atoms with Crippen LogP contribution in [0.3, 0.4) is 0 Å². The average molecular weight is 315 g/mol. The van der Waals surface area contributed by atoms with E-state index in [1.54, 1.807) is 27.7 Å². The van der Waals surface area contributed by atoms with Crippen LogP contribution < -0.4 is 0 Å². The molecule has 0 saturated heterocycles. The van der Waals surface area contributed by atoms with Crippen LogP contribution in [-0.2, 0) is 19.1 Å². The molecular formula is C16H29NO5. The summed E-state index contributed by atoms with van der Waals surface area (Å²) in [7, 11) is 1.47. The van der Waals surface area contributed by atoms with Crippen molar-refractivity contribution in [2.75, 3.05) is 7.05 Å². The number of carboxylic acids is 1. The Balaban J connectivity index is 4.77. The second-order valence-electron chi connectivity index (χ2n) is 6.96. The molecule has 0 unspecified atom stereocenters. The summed E-state index contributed by atoms with van der Waals surface area (Å²) in [5.41, 5.74) is -0.607. The molecule has 0 bridgehead atoms. The molecule has 6 nitrogen and oxygen atoms in total. The molecule has 0 aliphatic heterocycles. The highest BCUT2D eigenvalue weighted by Crippen LogP contribution is 2.17. The first-order valence-electron chi connectivity index (χ1n) is 7.58. The van der Waals surface area contributed by atoms with E-state index in [1.807, 2.05) is 13.8 Å². The fourth-order valence-corrected chi connectivity index (χ4v) is 1.89. The second kappa shape index (κ2) is 8.15. The molecule has 128 valence electrons. The topological polar surface area (TPSA) is 83.9 Å². The van der Waals surface area contributed by atoms with Gasteiger partial charge in [-0.3, -0.25) is 9.59 Å². The number of likely N-dealkylation sites (N-methyl/N-ethyl adjacent to an activating group) is 1. The Bertz CT molecular complexity index is 411. The minimum Gasteiger partial charge on any atom is -0.480 e. The number of aliphatic carboxylic acids is 1. The molecule has 0 aromatic heterocycles. The molecule has 0 aromatic rings. The van der Waals surface area contributed by atoms with Crippen LogP contribution in [0, 0.1) is 11.8 Å². The molecule has 0 radical (unpaired) electrons. The van der Waals surface area contributed by atoms with Crippen molar-refractivity contribution < 1.29 is 24.2 Å². The predicted molar refractivity (Wildman–Crippen MR) is 83.3 cm³/mol. The monoisotopic (exact) mass is 315 g/mol. The van der Waals surface area contributed by atoms with E-state index >= 15 is 0 Å². The largest absolute Gasteiger partial charge is 0.480 e. The Morgan fingerprint density at radius 2 is 1.64 bits per heavy atom. The average Bonchev–Trinajstić information content (AvgIpc) is 2.34. The minimum absolute atomic E-state index is 0.0390. The van der Waals surface area contributed by atoms with E-state index in [-0.39, 0.29) is 30.6 Å². The summed E-state index contributed by atoms with van der Waals surface area (Å²) in [4.78, 5) is 36.6. The third kappa shape index (κ3) is 6.91. The van der Waals surface area contributed by atoms with Crippen molar-refractivity contribution in [3.63, 3.8) is 0 Å². The summed E-state index contributed by atoms with van der Waals surface area (Å²) in [6, 6.07) is -1.03. The molecule has 22 heavy (non-hydrogen) atoms. The first-order valence-corrected chi connectivity index (χ1v) is 7.58. The number of hydrogen-bond acceptors (Lipinski definition) is 4. The first kappa shape index (κ1) is 20.4. The van der Waals surface area contributed by atoms with E-state index in [4.69, 9.17) is 4.74 Å². The van der Waals surface area contributed by atoms with E-state index in [0.29, 0.717) is 0 Å². The van der Waals surface area contributed by atoms with Crippen molar-refractivity contribution in [2.45, 2.75) is 66.0 Å². The van der Waals surface area contributed by atoms with Gasteiger partial charge in [-0.2, -0.15) is 0 Å². The lowest BCUT2D eigenvalue weighted by atomic mass is 9.95. The molecule has 1 N–H and O–H groups in total.